The molecule has 1 aliphatic heterocycles. The summed E-state index contributed by atoms with van der Waals surface area (Å²) in [6.45, 7) is 0. The van der Waals surface area contributed by atoms with E-state index < -0.39 is 0 Å². The number of rotatable bonds is 8. The predicted molar refractivity (Wildman–Crippen MR) is 203 cm³/mol. The Hall–Kier alpha value is -6.52. The second-order valence-corrected chi connectivity index (χ2v) is 11.7. The zero-order chi connectivity index (χ0) is 32.1. The second kappa shape index (κ2) is 13.1. The van der Waals surface area contributed by atoms with Crippen molar-refractivity contribution in [3.8, 4) is 0 Å². The van der Waals surface area contributed by atoms with Gasteiger partial charge in [0.15, 0.2) is 0 Å². The molecule has 4 heteroatoms. The lowest BCUT2D eigenvalue weighted by molar-refractivity contribution is 1.26. The fourth-order valence-corrected chi connectivity index (χ4v) is 6.31. The van der Waals surface area contributed by atoms with Gasteiger partial charge in [0.1, 0.15) is 0 Å². The van der Waals surface area contributed by atoms with Gasteiger partial charge in [-0.3, -0.25) is 0 Å². The standard InChI is InChI=1S/C44H34N4/c1-5-15-33(16-6-1)43-44(48(39-21-11-4-12-22-39)42-24-14-13-23-41(42)46-43)34-25-27-35(28-26-34)45-36-29-31-40(32-30-36)47(37-17-7-2-8-18-37)38-19-9-3-10-20-38/h1-32,45-46H. The number of nitrogens with zero attached hydrogens (tertiary/aromatic N) is 2. The van der Waals surface area contributed by atoms with E-state index in [1.165, 1.54) is 0 Å². The summed E-state index contributed by atoms with van der Waals surface area (Å²) < 4.78 is 0. The number of benzene rings is 7. The quantitative estimate of drug-likeness (QED) is 0.177. The van der Waals surface area contributed by atoms with E-state index in [2.05, 4.69) is 202 Å². The van der Waals surface area contributed by atoms with Crippen LogP contribution in [0.1, 0.15) is 11.1 Å². The Morgan fingerprint density at radius 1 is 0.417 bits per heavy atom. The maximum Gasteiger partial charge on any atom is 0.0776 e. The normalized spacial score (nSPS) is 12.2. The molecule has 0 aliphatic carbocycles. The van der Waals surface area contributed by atoms with Gasteiger partial charge in [-0.2, -0.15) is 0 Å². The van der Waals surface area contributed by atoms with Crippen molar-refractivity contribution in [2.75, 3.05) is 20.4 Å². The molecule has 0 radical (unpaired) electrons. The molecule has 7 aromatic carbocycles. The first-order valence-corrected chi connectivity index (χ1v) is 16.2. The van der Waals surface area contributed by atoms with Crippen molar-refractivity contribution in [1.82, 2.24) is 0 Å². The van der Waals surface area contributed by atoms with Gasteiger partial charge in [0.05, 0.1) is 22.8 Å². The molecular formula is C44H34N4. The van der Waals surface area contributed by atoms with Gasteiger partial charge in [-0.1, -0.05) is 109 Å². The first kappa shape index (κ1) is 28.9. The monoisotopic (exact) mass is 618 g/mol. The van der Waals surface area contributed by atoms with Crippen LogP contribution in [0.2, 0.25) is 0 Å². The number of anilines is 8. The van der Waals surface area contributed by atoms with E-state index in [1.54, 1.807) is 0 Å². The lowest BCUT2D eigenvalue weighted by Crippen LogP contribution is -2.24. The Morgan fingerprint density at radius 3 is 1.50 bits per heavy atom. The smallest absolute Gasteiger partial charge is 0.0776 e. The Labute approximate surface area is 281 Å². The third-order valence-electron chi connectivity index (χ3n) is 8.54. The summed E-state index contributed by atoms with van der Waals surface area (Å²) in [6.07, 6.45) is 0. The maximum absolute atomic E-state index is 3.77. The SMILES string of the molecule is c1ccc(C2=C(c3ccc(Nc4ccc(N(c5ccccc5)c5ccccc5)cc4)cc3)N(c3ccccc3)c3ccccc3N2)cc1. The zero-order valence-electron chi connectivity index (χ0n) is 26.4. The zero-order valence-corrected chi connectivity index (χ0v) is 26.4. The highest BCUT2D eigenvalue weighted by atomic mass is 15.2. The van der Waals surface area contributed by atoms with Crippen LogP contribution in [0.5, 0.6) is 0 Å². The molecule has 48 heavy (non-hydrogen) atoms. The van der Waals surface area contributed by atoms with Crippen molar-refractivity contribution in [2.45, 2.75) is 0 Å². The first-order chi connectivity index (χ1) is 23.8. The summed E-state index contributed by atoms with van der Waals surface area (Å²) in [5.41, 5.74) is 13.1. The number of hydrogen-bond donors (Lipinski definition) is 2. The van der Waals surface area contributed by atoms with E-state index in [1.807, 2.05) is 12.1 Å². The minimum atomic E-state index is 1.02. The molecule has 1 heterocycles. The summed E-state index contributed by atoms with van der Waals surface area (Å²) in [7, 11) is 0. The molecule has 8 rings (SSSR count). The van der Waals surface area contributed by atoms with Gasteiger partial charge >= 0.3 is 0 Å². The van der Waals surface area contributed by atoms with Crippen molar-refractivity contribution >= 4 is 56.9 Å². The lowest BCUT2D eigenvalue weighted by Gasteiger charge is -2.36. The third kappa shape index (κ3) is 5.79. The van der Waals surface area contributed by atoms with Gasteiger partial charge in [-0.15, -0.1) is 0 Å². The second-order valence-electron chi connectivity index (χ2n) is 11.7. The summed E-state index contributed by atoms with van der Waals surface area (Å²) in [6, 6.07) is 67.9. The minimum absolute atomic E-state index is 1.02. The van der Waals surface area contributed by atoms with Crippen molar-refractivity contribution < 1.29 is 0 Å². The van der Waals surface area contributed by atoms with Crippen LogP contribution in [0, 0.1) is 0 Å². The molecule has 2 N–H and O–H groups in total. The largest absolute Gasteiger partial charge is 0.356 e. The van der Waals surface area contributed by atoms with Gasteiger partial charge in [-0.05, 0) is 84.9 Å². The Kier molecular flexibility index (Phi) is 7.87. The average molecular weight is 619 g/mol. The highest BCUT2D eigenvalue weighted by molar-refractivity contribution is 6.10. The van der Waals surface area contributed by atoms with Gasteiger partial charge in [0, 0.05) is 45.3 Å². The van der Waals surface area contributed by atoms with Crippen molar-refractivity contribution in [3.63, 3.8) is 0 Å². The van der Waals surface area contributed by atoms with Crippen LogP contribution >= 0.6 is 0 Å². The van der Waals surface area contributed by atoms with Gasteiger partial charge in [-0.25, -0.2) is 0 Å². The maximum atomic E-state index is 3.77. The third-order valence-corrected chi connectivity index (χ3v) is 8.54. The summed E-state index contributed by atoms with van der Waals surface area (Å²) in [5, 5.41) is 7.39. The molecular weight excluding hydrogens is 585 g/mol. The van der Waals surface area contributed by atoms with Crippen LogP contribution < -0.4 is 20.4 Å². The molecule has 0 saturated heterocycles. The molecule has 0 spiro atoms. The van der Waals surface area contributed by atoms with E-state index >= 15 is 0 Å². The summed E-state index contributed by atoms with van der Waals surface area (Å²) in [5.74, 6) is 0. The molecule has 0 fully saturated rings. The molecule has 0 unspecified atom stereocenters. The van der Waals surface area contributed by atoms with E-state index in [0.717, 1.165) is 68.0 Å². The molecule has 0 atom stereocenters. The highest BCUT2D eigenvalue weighted by Crippen LogP contribution is 2.46. The molecule has 1 aliphatic rings. The number of hydrogen-bond acceptors (Lipinski definition) is 4. The molecule has 0 saturated carbocycles. The van der Waals surface area contributed by atoms with Gasteiger partial charge < -0.3 is 20.4 Å². The number of para-hydroxylation sites is 5. The van der Waals surface area contributed by atoms with Crippen molar-refractivity contribution in [1.29, 1.82) is 0 Å². The van der Waals surface area contributed by atoms with Gasteiger partial charge in [0.2, 0.25) is 0 Å². The van der Waals surface area contributed by atoms with E-state index in [-0.39, 0.29) is 0 Å². The van der Waals surface area contributed by atoms with Crippen molar-refractivity contribution in [3.05, 3.63) is 205 Å². The number of nitrogens with one attached hydrogen (secondary N) is 2. The van der Waals surface area contributed by atoms with Crippen LogP contribution in [-0.4, -0.2) is 0 Å². The van der Waals surface area contributed by atoms with Crippen LogP contribution in [0.4, 0.5) is 45.5 Å². The Balaban J connectivity index is 1.12. The summed E-state index contributed by atoms with van der Waals surface area (Å²) >= 11 is 0. The highest BCUT2D eigenvalue weighted by Gasteiger charge is 2.28. The average Bonchev–Trinajstić information content (AvgIpc) is 3.17. The molecule has 4 nitrogen and oxygen atoms in total. The van der Waals surface area contributed by atoms with E-state index in [0.29, 0.717) is 0 Å². The fourth-order valence-electron chi connectivity index (χ4n) is 6.31. The Bertz CT molecular complexity index is 2100. The minimum Gasteiger partial charge on any atom is -0.356 e. The van der Waals surface area contributed by atoms with Crippen LogP contribution in [-0.2, 0) is 0 Å². The molecule has 0 aromatic heterocycles. The molecule has 0 amide bonds. The number of fused-ring (bicyclic) bond motifs is 1. The first-order valence-electron chi connectivity index (χ1n) is 16.2. The van der Waals surface area contributed by atoms with E-state index in [4.69, 9.17) is 0 Å². The topological polar surface area (TPSA) is 30.5 Å². The van der Waals surface area contributed by atoms with E-state index in [9.17, 15) is 0 Å². The van der Waals surface area contributed by atoms with Crippen LogP contribution in [0.3, 0.4) is 0 Å². The van der Waals surface area contributed by atoms with Gasteiger partial charge in [0.25, 0.3) is 0 Å². The fraction of sp³-hybridized carbons (Fsp3) is 0. The molecule has 230 valence electrons. The molecule has 0 bridgehead atoms. The summed E-state index contributed by atoms with van der Waals surface area (Å²) in [4.78, 5) is 4.63. The van der Waals surface area contributed by atoms with Crippen LogP contribution in [0.15, 0.2) is 194 Å². The van der Waals surface area contributed by atoms with Crippen molar-refractivity contribution in [2.24, 2.45) is 0 Å². The molecule has 7 aromatic rings. The lowest BCUT2D eigenvalue weighted by atomic mass is 9.98. The Morgan fingerprint density at radius 2 is 0.896 bits per heavy atom. The predicted octanol–water partition coefficient (Wildman–Crippen LogP) is 12.0. The van der Waals surface area contributed by atoms with Crippen LogP contribution in [0.25, 0.3) is 11.4 Å².